The first-order valence-corrected chi connectivity index (χ1v) is 5.01. The second kappa shape index (κ2) is 3.82. The third-order valence-electron chi connectivity index (χ3n) is 2.99. The number of hydrogen-bond acceptors (Lipinski definition) is 2. The van der Waals surface area contributed by atoms with E-state index in [0.717, 1.165) is 31.4 Å². The van der Waals surface area contributed by atoms with Crippen LogP contribution in [-0.4, -0.2) is 21.3 Å². The average Bonchev–Trinajstić information content (AvgIpc) is 2.75. The third kappa shape index (κ3) is 1.64. The van der Waals surface area contributed by atoms with Crippen molar-refractivity contribution < 1.29 is 9.90 Å². The monoisotopic (exact) mass is 194 g/mol. The predicted octanol–water partition coefficient (Wildman–Crippen LogP) is 1.77. The van der Waals surface area contributed by atoms with Crippen molar-refractivity contribution in [1.29, 1.82) is 0 Å². The second-order valence-corrected chi connectivity index (χ2v) is 3.87. The second-order valence-electron chi connectivity index (χ2n) is 3.87. The summed E-state index contributed by atoms with van der Waals surface area (Å²) in [5.74, 6) is -0.839. The molecule has 0 saturated heterocycles. The van der Waals surface area contributed by atoms with Crippen LogP contribution in [0.3, 0.4) is 0 Å². The summed E-state index contributed by atoms with van der Waals surface area (Å²) >= 11 is 0. The lowest BCUT2D eigenvalue weighted by atomic mass is 9.88. The highest BCUT2D eigenvalue weighted by atomic mass is 16.4. The minimum atomic E-state index is -0.735. The van der Waals surface area contributed by atoms with E-state index in [1.165, 1.54) is 0 Å². The summed E-state index contributed by atoms with van der Waals surface area (Å²) in [5, 5.41) is 15.7. The van der Waals surface area contributed by atoms with Crippen molar-refractivity contribution in [2.75, 3.05) is 0 Å². The van der Waals surface area contributed by atoms with Crippen LogP contribution in [0.15, 0.2) is 12.3 Å². The van der Waals surface area contributed by atoms with Gasteiger partial charge in [-0.05, 0) is 24.8 Å². The Morgan fingerprint density at radius 2 is 2.29 bits per heavy atom. The Bertz CT molecular complexity index is 302. The number of hydrogen-bond donors (Lipinski definition) is 2. The first kappa shape index (κ1) is 9.24. The molecule has 14 heavy (non-hydrogen) atoms. The summed E-state index contributed by atoms with van der Waals surface area (Å²) < 4.78 is 0. The van der Waals surface area contributed by atoms with Crippen LogP contribution in [0.4, 0.5) is 0 Å². The Balaban J connectivity index is 2.19. The van der Waals surface area contributed by atoms with E-state index in [1.54, 1.807) is 12.3 Å². The van der Waals surface area contributed by atoms with Crippen LogP contribution in [0.5, 0.6) is 0 Å². The van der Waals surface area contributed by atoms with Crippen molar-refractivity contribution in [3.63, 3.8) is 0 Å². The molecule has 0 amide bonds. The fourth-order valence-electron chi connectivity index (χ4n) is 2.32. The maximum Gasteiger partial charge on any atom is 0.312 e. The number of aromatic nitrogens is 2. The molecule has 0 radical (unpaired) electrons. The third-order valence-corrected chi connectivity index (χ3v) is 2.99. The van der Waals surface area contributed by atoms with Gasteiger partial charge in [-0.25, -0.2) is 0 Å². The Kier molecular flexibility index (Phi) is 2.52. The van der Waals surface area contributed by atoms with Gasteiger partial charge in [0.15, 0.2) is 0 Å². The number of H-pyrrole nitrogens is 1. The predicted molar refractivity (Wildman–Crippen MR) is 50.9 cm³/mol. The molecule has 0 spiro atoms. The molecule has 0 aromatic carbocycles. The molecule has 1 aliphatic rings. The molecule has 76 valence electrons. The summed E-state index contributed by atoms with van der Waals surface area (Å²) in [4.78, 5) is 11.1. The van der Waals surface area contributed by atoms with Gasteiger partial charge in [0, 0.05) is 11.9 Å². The van der Waals surface area contributed by atoms with Crippen LogP contribution >= 0.6 is 0 Å². The van der Waals surface area contributed by atoms with Gasteiger partial charge in [0.25, 0.3) is 0 Å². The SMILES string of the molecule is O=C(O)C(c1ccn[nH]1)C1CCCC1. The quantitative estimate of drug-likeness (QED) is 0.770. The molecule has 1 unspecified atom stereocenters. The highest BCUT2D eigenvalue weighted by Gasteiger charge is 2.32. The topological polar surface area (TPSA) is 66.0 Å². The highest BCUT2D eigenvalue weighted by Crippen LogP contribution is 2.36. The summed E-state index contributed by atoms with van der Waals surface area (Å²) in [6.45, 7) is 0. The smallest absolute Gasteiger partial charge is 0.312 e. The van der Waals surface area contributed by atoms with Crippen molar-refractivity contribution in [2.24, 2.45) is 5.92 Å². The molecule has 0 aliphatic heterocycles. The van der Waals surface area contributed by atoms with E-state index >= 15 is 0 Å². The van der Waals surface area contributed by atoms with Gasteiger partial charge in [-0.3, -0.25) is 9.89 Å². The van der Waals surface area contributed by atoms with Crippen molar-refractivity contribution in [3.8, 4) is 0 Å². The fraction of sp³-hybridized carbons (Fsp3) is 0.600. The zero-order chi connectivity index (χ0) is 9.97. The molecule has 4 heteroatoms. The Labute approximate surface area is 82.3 Å². The summed E-state index contributed by atoms with van der Waals surface area (Å²) in [5.41, 5.74) is 0.740. The van der Waals surface area contributed by atoms with E-state index < -0.39 is 5.97 Å². The van der Waals surface area contributed by atoms with Crippen LogP contribution < -0.4 is 0 Å². The molecule has 2 N–H and O–H groups in total. The van der Waals surface area contributed by atoms with Gasteiger partial charge < -0.3 is 5.11 Å². The average molecular weight is 194 g/mol. The molecule has 1 aromatic rings. The fourth-order valence-corrected chi connectivity index (χ4v) is 2.32. The van der Waals surface area contributed by atoms with Crippen LogP contribution in [0.2, 0.25) is 0 Å². The number of aliphatic carboxylic acids is 1. The lowest BCUT2D eigenvalue weighted by Crippen LogP contribution is -2.20. The molecular formula is C10H14N2O2. The van der Waals surface area contributed by atoms with Crippen molar-refractivity contribution >= 4 is 5.97 Å². The van der Waals surface area contributed by atoms with E-state index in [1.807, 2.05) is 0 Å². The molecule has 1 atom stereocenters. The Morgan fingerprint density at radius 3 is 2.79 bits per heavy atom. The first-order chi connectivity index (χ1) is 6.79. The molecular weight excluding hydrogens is 180 g/mol. The largest absolute Gasteiger partial charge is 0.481 e. The van der Waals surface area contributed by atoms with E-state index in [4.69, 9.17) is 5.11 Å². The van der Waals surface area contributed by atoms with Crippen molar-refractivity contribution in [3.05, 3.63) is 18.0 Å². The number of nitrogens with one attached hydrogen (secondary N) is 1. The molecule has 1 aromatic heterocycles. The Morgan fingerprint density at radius 1 is 1.57 bits per heavy atom. The van der Waals surface area contributed by atoms with Crippen LogP contribution in [0, 0.1) is 5.92 Å². The number of nitrogens with zero attached hydrogens (tertiary/aromatic N) is 1. The number of carbonyl (C=O) groups is 1. The molecule has 1 fully saturated rings. The van der Waals surface area contributed by atoms with Gasteiger partial charge in [0.2, 0.25) is 0 Å². The highest BCUT2D eigenvalue weighted by molar-refractivity contribution is 5.75. The van der Waals surface area contributed by atoms with E-state index in [-0.39, 0.29) is 11.8 Å². The number of aromatic amines is 1. The van der Waals surface area contributed by atoms with Crippen LogP contribution in [0.1, 0.15) is 37.3 Å². The van der Waals surface area contributed by atoms with Gasteiger partial charge in [-0.1, -0.05) is 12.8 Å². The number of carboxylic acid groups (broad SMARTS) is 1. The molecule has 1 saturated carbocycles. The van der Waals surface area contributed by atoms with E-state index in [2.05, 4.69) is 10.2 Å². The lowest BCUT2D eigenvalue weighted by Gasteiger charge is -2.17. The maximum atomic E-state index is 11.1. The minimum Gasteiger partial charge on any atom is -0.481 e. The van der Waals surface area contributed by atoms with Crippen LogP contribution in [0.25, 0.3) is 0 Å². The molecule has 1 aliphatic carbocycles. The first-order valence-electron chi connectivity index (χ1n) is 5.01. The molecule has 1 heterocycles. The van der Waals surface area contributed by atoms with Gasteiger partial charge in [0.1, 0.15) is 5.92 Å². The number of carboxylic acids is 1. The van der Waals surface area contributed by atoms with Crippen LogP contribution in [-0.2, 0) is 4.79 Å². The zero-order valence-corrected chi connectivity index (χ0v) is 7.94. The van der Waals surface area contributed by atoms with E-state index in [0.29, 0.717) is 0 Å². The summed E-state index contributed by atoms with van der Waals surface area (Å²) in [6.07, 6.45) is 5.97. The maximum absolute atomic E-state index is 11.1. The summed E-state index contributed by atoms with van der Waals surface area (Å²) in [7, 11) is 0. The van der Waals surface area contributed by atoms with Gasteiger partial charge >= 0.3 is 5.97 Å². The summed E-state index contributed by atoms with van der Waals surface area (Å²) in [6, 6.07) is 1.76. The van der Waals surface area contributed by atoms with E-state index in [9.17, 15) is 4.79 Å². The normalized spacial score (nSPS) is 19.7. The van der Waals surface area contributed by atoms with Gasteiger partial charge in [-0.15, -0.1) is 0 Å². The molecule has 0 bridgehead atoms. The molecule has 4 nitrogen and oxygen atoms in total. The zero-order valence-electron chi connectivity index (χ0n) is 7.94. The molecule has 2 rings (SSSR count). The lowest BCUT2D eigenvalue weighted by molar-refractivity contribution is -0.140. The van der Waals surface area contributed by atoms with Crippen molar-refractivity contribution in [2.45, 2.75) is 31.6 Å². The van der Waals surface area contributed by atoms with Gasteiger partial charge in [0.05, 0.1) is 0 Å². The number of rotatable bonds is 3. The van der Waals surface area contributed by atoms with Crippen molar-refractivity contribution in [1.82, 2.24) is 10.2 Å². The minimum absolute atomic E-state index is 0.285. The standard InChI is InChI=1S/C10H14N2O2/c13-10(14)9(7-3-1-2-4-7)8-5-6-11-12-8/h5-7,9H,1-4H2,(H,11,12)(H,13,14). The Hall–Kier alpha value is -1.32. The van der Waals surface area contributed by atoms with Gasteiger partial charge in [-0.2, -0.15) is 5.10 Å².